The summed E-state index contributed by atoms with van der Waals surface area (Å²) in [5.41, 5.74) is 11.8. The van der Waals surface area contributed by atoms with Crippen molar-refractivity contribution < 1.29 is 20.1 Å². The van der Waals surface area contributed by atoms with E-state index in [4.69, 9.17) is 4.74 Å². The summed E-state index contributed by atoms with van der Waals surface area (Å²) in [6.45, 7) is 22.9. The van der Waals surface area contributed by atoms with E-state index in [0.29, 0.717) is 17.2 Å². The Hall–Kier alpha value is -3.92. The van der Waals surface area contributed by atoms with Crippen LogP contribution in [0.5, 0.6) is 23.0 Å². The maximum atomic E-state index is 9.96. The Bertz CT molecular complexity index is 1490. The van der Waals surface area contributed by atoms with Gasteiger partial charge in [0, 0.05) is 10.8 Å². The summed E-state index contributed by atoms with van der Waals surface area (Å²) < 4.78 is 5.46. The summed E-state index contributed by atoms with van der Waals surface area (Å²) in [6.07, 6.45) is 0. The van der Waals surface area contributed by atoms with Crippen LogP contribution in [-0.2, 0) is 10.8 Å². The first-order chi connectivity index (χ1) is 19.4. The van der Waals surface area contributed by atoms with E-state index in [-0.39, 0.29) is 10.8 Å². The lowest BCUT2D eigenvalue weighted by molar-refractivity contribution is 0.410. The van der Waals surface area contributed by atoms with E-state index in [9.17, 15) is 15.3 Å². The van der Waals surface area contributed by atoms with Crippen LogP contribution in [-0.4, -0.2) is 22.4 Å². The minimum Gasteiger partial charge on any atom is -0.508 e. The third-order valence-electron chi connectivity index (χ3n) is 8.91. The van der Waals surface area contributed by atoms with E-state index in [1.54, 1.807) is 19.2 Å². The van der Waals surface area contributed by atoms with Crippen molar-refractivity contribution in [3.05, 3.63) is 116 Å². The highest BCUT2D eigenvalue weighted by Crippen LogP contribution is 2.40. The van der Waals surface area contributed by atoms with E-state index in [0.717, 1.165) is 28.0 Å². The highest BCUT2D eigenvalue weighted by molar-refractivity contribution is 5.55. The van der Waals surface area contributed by atoms with E-state index in [1.165, 1.54) is 38.9 Å². The molecule has 0 heterocycles. The fourth-order valence-electron chi connectivity index (χ4n) is 6.04. The van der Waals surface area contributed by atoms with Gasteiger partial charge < -0.3 is 20.1 Å². The monoisotopic (exact) mass is 568 g/mol. The Kier molecular flexibility index (Phi) is 9.41. The zero-order valence-electron chi connectivity index (χ0n) is 27.4. The smallest absolute Gasteiger partial charge is 0.122 e. The molecular formula is C38H48O4. The number of phenols is 3. The van der Waals surface area contributed by atoms with Crippen LogP contribution in [0.25, 0.3) is 0 Å². The van der Waals surface area contributed by atoms with Gasteiger partial charge in [-0.05, 0) is 128 Å². The van der Waals surface area contributed by atoms with Crippen LogP contribution >= 0.6 is 0 Å². The van der Waals surface area contributed by atoms with Gasteiger partial charge in [0.1, 0.15) is 23.0 Å². The third-order valence-corrected chi connectivity index (χ3v) is 8.91. The predicted molar refractivity (Wildman–Crippen MR) is 175 cm³/mol. The average molecular weight is 569 g/mol. The third kappa shape index (κ3) is 6.28. The molecule has 42 heavy (non-hydrogen) atoms. The molecule has 0 unspecified atom stereocenters. The molecule has 0 aliphatic rings. The summed E-state index contributed by atoms with van der Waals surface area (Å²) in [5.74, 6) is 1.98. The lowest BCUT2D eigenvalue weighted by atomic mass is 9.73. The molecule has 4 rings (SSSR count). The average Bonchev–Trinajstić information content (AvgIpc) is 2.92. The van der Waals surface area contributed by atoms with Crippen molar-refractivity contribution in [2.24, 2.45) is 0 Å². The second-order valence-corrected chi connectivity index (χ2v) is 12.7. The van der Waals surface area contributed by atoms with Crippen molar-refractivity contribution in [2.75, 3.05) is 7.11 Å². The molecule has 0 saturated heterocycles. The van der Waals surface area contributed by atoms with Crippen molar-refractivity contribution in [2.45, 2.75) is 87.0 Å². The molecule has 4 heteroatoms. The van der Waals surface area contributed by atoms with Gasteiger partial charge in [0.05, 0.1) is 7.11 Å². The highest BCUT2D eigenvalue weighted by Gasteiger charge is 2.28. The number of ether oxygens (including phenoxy) is 1. The second-order valence-electron chi connectivity index (χ2n) is 12.7. The molecule has 4 aromatic rings. The minimum absolute atomic E-state index is 0.126. The Labute approximate surface area is 252 Å². The molecule has 3 N–H and O–H groups in total. The van der Waals surface area contributed by atoms with E-state index >= 15 is 0 Å². The van der Waals surface area contributed by atoms with Gasteiger partial charge in [0.15, 0.2) is 0 Å². The van der Waals surface area contributed by atoms with Crippen LogP contribution in [0.2, 0.25) is 0 Å². The molecule has 4 nitrogen and oxygen atoms in total. The normalized spacial score (nSPS) is 11.6. The van der Waals surface area contributed by atoms with Crippen LogP contribution in [0.4, 0.5) is 0 Å². The second kappa shape index (κ2) is 12.1. The lowest BCUT2D eigenvalue weighted by Gasteiger charge is -2.31. The van der Waals surface area contributed by atoms with E-state index in [2.05, 4.69) is 54.5 Å². The maximum absolute atomic E-state index is 9.96. The number of aryl methyl sites for hydroxylation is 5. The van der Waals surface area contributed by atoms with Crippen molar-refractivity contribution in [1.29, 1.82) is 0 Å². The van der Waals surface area contributed by atoms with Crippen molar-refractivity contribution in [1.82, 2.24) is 0 Å². The maximum Gasteiger partial charge on any atom is 0.122 e. The van der Waals surface area contributed by atoms with Crippen molar-refractivity contribution in [3.63, 3.8) is 0 Å². The minimum atomic E-state index is -0.188. The van der Waals surface area contributed by atoms with Crippen molar-refractivity contribution in [3.8, 4) is 23.0 Å². The molecule has 0 spiro atoms. The Morgan fingerprint density at radius 1 is 0.500 bits per heavy atom. The molecule has 0 radical (unpaired) electrons. The predicted octanol–water partition coefficient (Wildman–Crippen LogP) is 9.31. The van der Waals surface area contributed by atoms with Crippen LogP contribution in [0.15, 0.2) is 54.6 Å². The van der Waals surface area contributed by atoms with Gasteiger partial charge in [-0.25, -0.2) is 0 Å². The SMILES string of the molecule is COc1cc(C)c(C(C)(C)c2ccc(O)cc2)c(C)c1C.Cc1cc(C(C)(C)c2cc(C)c(O)c(C)c2)cc(C)c1O. The summed E-state index contributed by atoms with van der Waals surface area (Å²) in [7, 11) is 1.71. The molecule has 224 valence electrons. The van der Waals surface area contributed by atoms with Gasteiger partial charge in [0.2, 0.25) is 0 Å². The topological polar surface area (TPSA) is 69.9 Å². The molecule has 4 aromatic carbocycles. The summed E-state index contributed by atoms with van der Waals surface area (Å²) >= 11 is 0. The Morgan fingerprint density at radius 3 is 1.29 bits per heavy atom. The highest BCUT2D eigenvalue weighted by atomic mass is 16.5. The number of aromatic hydroxyl groups is 3. The summed E-state index contributed by atoms with van der Waals surface area (Å²) in [4.78, 5) is 0. The largest absolute Gasteiger partial charge is 0.508 e. The van der Waals surface area contributed by atoms with Gasteiger partial charge in [-0.1, -0.05) is 64.1 Å². The molecule has 0 bridgehead atoms. The first-order valence-corrected chi connectivity index (χ1v) is 14.5. The van der Waals surface area contributed by atoms with Gasteiger partial charge in [-0.15, -0.1) is 0 Å². The first-order valence-electron chi connectivity index (χ1n) is 14.5. The molecule has 0 fully saturated rings. The van der Waals surface area contributed by atoms with Crippen LogP contribution in [0.1, 0.15) is 88.9 Å². The van der Waals surface area contributed by atoms with Crippen LogP contribution in [0, 0.1) is 48.5 Å². The zero-order valence-corrected chi connectivity index (χ0v) is 27.4. The van der Waals surface area contributed by atoms with Gasteiger partial charge in [-0.2, -0.15) is 0 Å². The summed E-state index contributed by atoms with van der Waals surface area (Å²) in [5, 5.41) is 29.4. The van der Waals surface area contributed by atoms with E-state index in [1.807, 2.05) is 64.1 Å². The fourth-order valence-corrected chi connectivity index (χ4v) is 6.04. The zero-order chi connectivity index (χ0) is 31.7. The number of benzene rings is 4. The molecule has 0 aliphatic carbocycles. The fraction of sp³-hybridized carbons (Fsp3) is 0.368. The number of hydrogen-bond donors (Lipinski definition) is 3. The van der Waals surface area contributed by atoms with Gasteiger partial charge in [-0.3, -0.25) is 0 Å². The Morgan fingerprint density at radius 2 is 0.905 bits per heavy atom. The molecule has 0 amide bonds. The molecule has 0 atom stereocenters. The van der Waals surface area contributed by atoms with Gasteiger partial charge in [0.25, 0.3) is 0 Å². The quantitative estimate of drug-likeness (QED) is 0.224. The first kappa shape index (κ1) is 32.6. The Balaban J connectivity index is 0.000000230. The molecule has 0 aliphatic heterocycles. The lowest BCUT2D eigenvalue weighted by Crippen LogP contribution is -2.22. The number of methoxy groups -OCH3 is 1. The van der Waals surface area contributed by atoms with Crippen LogP contribution < -0.4 is 4.74 Å². The van der Waals surface area contributed by atoms with Crippen molar-refractivity contribution >= 4 is 0 Å². The molecule has 0 saturated carbocycles. The van der Waals surface area contributed by atoms with Gasteiger partial charge >= 0.3 is 0 Å². The number of rotatable bonds is 5. The standard InChI is InChI=1S/2C19H24O2/c1-11-7-15(8-12(2)17(11)20)19(5,6)16-9-13(3)18(21)14(4)10-16;1-12-11-17(21-6)13(2)14(3)18(12)19(4,5)15-7-9-16(20)10-8-15/h7-10,20-21H,1-6H3;7-11,20H,1-6H3. The van der Waals surface area contributed by atoms with Crippen LogP contribution in [0.3, 0.4) is 0 Å². The summed E-state index contributed by atoms with van der Waals surface area (Å²) in [6, 6.07) is 17.8. The number of hydrogen-bond acceptors (Lipinski definition) is 4. The molecule has 0 aromatic heterocycles. The number of phenolic OH excluding ortho intramolecular Hbond substituents is 3. The molecular weight excluding hydrogens is 520 g/mol. The van der Waals surface area contributed by atoms with E-state index < -0.39 is 0 Å².